The van der Waals surface area contributed by atoms with Crippen molar-refractivity contribution in [3.63, 3.8) is 0 Å². The molecule has 1 aromatic carbocycles. The summed E-state index contributed by atoms with van der Waals surface area (Å²) in [6, 6.07) is 7.56. The van der Waals surface area contributed by atoms with Gasteiger partial charge in [0, 0.05) is 21.9 Å². The lowest BCUT2D eigenvalue weighted by Crippen LogP contribution is -2.18. The van der Waals surface area contributed by atoms with Gasteiger partial charge in [0.15, 0.2) is 5.13 Å². The van der Waals surface area contributed by atoms with E-state index in [0.29, 0.717) is 35.2 Å². The van der Waals surface area contributed by atoms with Crippen molar-refractivity contribution in [3.8, 4) is 11.3 Å². The number of anilines is 1. The van der Waals surface area contributed by atoms with E-state index in [2.05, 4.69) is 10.3 Å². The predicted octanol–water partition coefficient (Wildman–Crippen LogP) is 3.29. The number of aromatic nitrogens is 1. The number of nitrogens with one attached hydrogen (secondary N) is 1. The van der Waals surface area contributed by atoms with Crippen LogP contribution in [0.25, 0.3) is 11.3 Å². The molecular formula is C15H13ClN2O2S. The standard InChI is InChI=1S/C15H13ClN2O2S/c16-11-4-2-1-3-8(11)12-7-21-15(17-12)18-14(19)13-9-5-20-6-10(9)13/h1-4,7,9-10,13H,5-6H2,(H,17,18,19)/t9-,10+,13?. The Hall–Kier alpha value is -1.43. The van der Waals surface area contributed by atoms with Crippen molar-refractivity contribution in [2.45, 2.75) is 0 Å². The summed E-state index contributed by atoms with van der Waals surface area (Å²) in [5.74, 6) is 0.987. The molecule has 2 fully saturated rings. The SMILES string of the molecule is O=C(Nc1nc(-c2ccccc2Cl)cs1)C1[C@H]2COC[C@@H]12. The third-order valence-electron chi connectivity index (χ3n) is 4.14. The van der Waals surface area contributed by atoms with Gasteiger partial charge >= 0.3 is 0 Å². The quantitative estimate of drug-likeness (QED) is 0.944. The molecule has 1 aromatic heterocycles. The van der Waals surface area contributed by atoms with Crippen LogP contribution in [0.1, 0.15) is 0 Å². The molecule has 2 aromatic rings. The van der Waals surface area contributed by atoms with Crippen LogP contribution >= 0.6 is 22.9 Å². The van der Waals surface area contributed by atoms with Gasteiger partial charge in [-0.15, -0.1) is 11.3 Å². The maximum absolute atomic E-state index is 12.2. The zero-order chi connectivity index (χ0) is 14.4. The summed E-state index contributed by atoms with van der Waals surface area (Å²) in [4.78, 5) is 16.6. The number of rotatable bonds is 3. The van der Waals surface area contributed by atoms with Crippen LogP contribution in [0.5, 0.6) is 0 Å². The van der Waals surface area contributed by atoms with Gasteiger partial charge in [-0.3, -0.25) is 4.79 Å². The first-order valence-corrected chi connectivity index (χ1v) is 8.09. The van der Waals surface area contributed by atoms with Gasteiger partial charge in [0.1, 0.15) is 0 Å². The van der Waals surface area contributed by atoms with Crippen LogP contribution in [0.4, 0.5) is 5.13 Å². The fourth-order valence-electron chi connectivity index (χ4n) is 2.94. The van der Waals surface area contributed by atoms with Crippen LogP contribution in [-0.4, -0.2) is 24.1 Å². The van der Waals surface area contributed by atoms with E-state index in [0.717, 1.165) is 11.3 Å². The second-order valence-corrected chi connectivity index (χ2v) is 6.66. The second-order valence-electron chi connectivity index (χ2n) is 5.40. The van der Waals surface area contributed by atoms with Gasteiger partial charge in [-0.2, -0.15) is 0 Å². The van der Waals surface area contributed by atoms with E-state index in [4.69, 9.17) is 16.3 Å². The minimum atomic E-state index is 0.0633. The van der Waals surface area contributed by atoms with Gasteiger partial charge in [-0.05, 0) is 17.9 Å². The Morgan fingerprint density at radius 2 is 2.10 bits per heavy atom. The zero-order valence-electron chi connectivity index (χ0n) is 11.1. The molecule has 4 rings (SSSR count). The number of hydrogen-bond acceptors (Lipinski definition) is 4. The second kappa shape index (κ2) is 5.09. The van der Waals surface area contributed by atoms with Crippen molar-refractivity contribution >= 4 is 34.0 Å². The summed E-state index contributed by atoms with van der Waals surface area (Å²) in [7, 11) is 0. The number of nitrogens with zero attached hydrogens (tertiary/aromatic N) is 1. The van der Waals surface area contributed by atoms with Crippen molar-refractivity contribution in [1.82, 2.24) is 4.98 Å². The summed E-state index contributed by atoms with van der Waals surface area (Å²) < 4.78 is 5.30. The Labute approximate surface area is 131 Å². The number of carbonyl (C=O) groups is 1. The fraction of sp³-hybridized carbons (Fsp3) is 0.333. The Bertz CT molecular complexity index is 692. The smallest absolute Gasteiger partial charge is 0.230 e. The largest absolute Gasteiger partial charge is 0.381 e. The van der Waals surface area contributed by atoms with Crippen molar-refractivity contribution in [2.24, 2.45) is 17.8 Å². The summed E-state index contributed by atoms with van der Waals surface area (Å²) in [5.41, 5.74) is 1.67. The molecule has 108 valence electrons. The van der Waals surface area contributed by atoms with E-state index >= 15 is 0 Å². The number of halogens is 1. The third kappa shape index (κ3) is 2.35. The number of fused-ring (bicyclic) bond motifs is 1. The molecule has 3 atom stereocenters. The van der Waals surface area contributed by atoms with E-state index in [1.54, 1.807) is 0 Å². The lowest BCUT2D eigenvalue weighted by atomic mass is 10.2. The number of benzene rings is 1. The Morgan fingerprint density at radius 3 is 2.86 bits per heavy atom. The van der Waals surface area contributed by atoms with Crippen molar-refractivity contribution in [2.75, 3.05) is 18.5 Å². The molecule has 2 aliphatic rings. The van der Waals surface area contributed by atoms with Crippen LogP contribution in [0.2, 0.25) is 5.02 Å². The molecule has 1 aliphatic carbocycles. The lowest BCUT2D eigenvalue weighted by molar-refractivity contribution is -0.118. The Kier molecular flexibility index (Phi) is 3.21. The van der Waals surface area contributed by atoms with E-state index in [1.807, 2.05) is 29.6 Å². The minimum Gasteiger partial charge on any atom is -0.381 e. The van der Waals surface area contributed by atoms with E-state index < -0.39 is 0 Å². The van der Waals surface area contributed by atoms with Crippen molar-refractivity contribution < 1.29 is 9.53 Å². The van der Waals surface area contributed by atoms with Gasteiger partial charge in [-0.25, -0.2) is 4.98 Å². The molecule has 0 spiro atoms. The van der Waals surface area contributed by atoms with Crippen LogP contribution in [0.3, 0.4) is 0 Å². The van der Waals surface area contributed by atoms with Gasteiger partial charge in [-0.1, -0.05) is 29.8 Å². The third-order valence-corrected chi connectivity index (χ3v) is 5.23. The first kappa shape index (κ1) is 13.2. The molecule has 1 amide bonds. The van der Waals surface area contributed by atoms with Gasteiger partial charge in [0.25, 0.3) is 0 Å². The van der Waals surface area contributed by atoms with Gasteiger partial charge in [0.2, 0.25) is 5.91 Å². The minimum absolute atomic E-state index is 0.0633. The maximum Gasteiger partial charge on any atom is 0.230 e. The summed E-state index contributed by atoms with van der Waals surface area (Å²) in [5, 5.41) is 6.11. The normalized spacial score (nSPS) is 26.4. The van der Waals surface area contributed by atoms with Gasteiger partial charge in [0.05, 0.1) is 18.9 Å². The molecule has 6 heteroatoms. The predicted molar refractivity (Wildman–Crippen MR) is 82.5 cm³/mol. The molecule has 2 heterocycles. The van der Waals surface area contributed by atoms with E-state index in [9.17, 15) is 4.79 Å². The van der Waals surface area contributed by atoms with E-state index in [1.165, 1.54) is 11.3 Å². The van der Waals surface area contributed by atoms with Crippen molar-refractivity contribution in [1.29, 1.82) is 0 Å². The number of ether oxygens (including phenoxy) is 1. The van der Waals surface area contributed by atoms with Crippen LogP contribution in [0.15, 0.2) is 29.6 Å². The maximum atomic E-state index is 12.2. The molecule has 0 bridgehead atoms. The average molecular weight is 321 g/mol. The fourth-order valence-corrected chi connectivity index (χ4v) is 3.89. The molecule has 1 unspecified atom stereocenters. The number of amides is 1. The number of thiazole rings is 1. The molecule has 1 aliphatic heterocycles. The molecular weight excluding hydrogens is 308 g/mol. The van der Waals surface area contributed by atoms with Crippen LogP contribution < -0.4 is 5.32 Å². The number of carbonyl (C=O) groups excluding carboxylic acids is 1. The van der Waals surface area contributed by atoms with Gasteiger partial charge < -0.3 is 10.1 Å². The lowest BCUT2D eigenvalue weighted by Gasteiger charge is -2.04. The van der Waals surface area contributed by atoms with Crippen LogP contribution in [-0.2, 0) is 9.53 Å². The molecule has 4 nitrogen and oxygen atoms in total. The highest BCUT2D eigenvalue weighted by Gasteiger charge is 2.58. The summed E-state index contributed by atoms with van der Waals surface area (Å²) in [6.07, 6.45) is 0. The summed E-state index contributed by atoms with van der Waals surface area (Å²) >= 11 is 7.58. The Balaban J connectivity index is 1.48. The summed E-state index contributed by atoms with van der Waals surface area (Å²) in [6.45, 7) is 1.43. The highest BCUT2D eigenvalue weighted by atomic mass is 35.5. The highest BCUT2D eigenvalue weighted by Crippen LogP contribution is 2.51. The molecule has 1 saturated carbocycles. The molecule has 21 heavy (non-hydrogen) atoms. The first-order valence-electron chi connectivity index (χ1n) is 6.83. The van der Waals surface area contributed by atoms with Crippen molar-refractivity contribution in [3.05, 3.63) is 34.7 Å². The van der Waals surface area contributed by atoms with E-state index in [-0.39, 0.29) is 11.8 Å². The number of hydrogen-bond donors (Lipinski definition) is 1. The monoisotopic (exact) mass is 320 g/mol. The molecule has 1 N–H and O–H groups in total. The highest BCUT2D eigenvalue weighted by molar-refractivity contribution is 7.14. The van der Waals surface area contributed by atoms with Crippen LogP contribution in [0, 0.1) is 17.8 Å². The molecule has 0 radical (unpaired) electrons. The Morgan fingerprint density at radius 1 is 1.33 bits per heavy atom. The average Bonchev–Trinajstić information content (AvgIpc) is 2.84. The topological polar surface area (TPSA) is 51.2 Å². The first-order chi connectivity index (χ1) is 10.2. The molecule has 1 saturated heterocycles. The zero-order valence-corrected chi connectivity index (χ0v) is 12.7.